The fraction of sp³-hybridized carbons (Fsp3) is 0.900. The molecule has 1 atom stereocenters. The molecule has 0 bridgehead atoms. The number of hydrogen-bond acceptors (Lipinski definition) is 3. The molecule has 2 saturated heterocycles. The van der Waals surface area contributed by atoms with Crippen molar-refractivity contribution in [1.29, 1.82) is 0 Å². The smallest absolute Gasteiger partial charge is 0.320 e. The summed E-state index contributed by atoms with van der Waals surface area (Å²) in [5.41, 5.74) is 0. The van der Waals surface area contributed by atoms with E-state index in [-0.39, 0.29) is 18.4 Å². The lowest BCUT2D eigenvalue weighted by atomic mass is 10.2. The van der Waals surface area contributed by atoms with E-state index in [0.717, 1.165) is 32.7 Å². The molecule has 94 valence electrons. The number of carbonyl (C=O) groups is 1. The molecule has 5 nitrogen and oxygen atoms in total. The molecule has 16 heavy (non-hydrogen) atoms. The molecule has 0 saturated carbocycles. The molecule has 6 heteroatoms. The molecule has 2 aliphatic heterocycles. The number of piperazine rings is 1. The van der Waals surface area contributed by atoms with Crippen molar-refractivity contribution >= 4 is 18.4 Å². The highest BCUT2D eigenvalue weighted by Gasteiger charge is 2.27. The largest absolute Gasteiger partial charge is 0.378 e. The zero-order valence-electron chi connectivity index (χ0n) is 9.65. The van der Waals surface area contributed by atoms with Crippen molar-refractivity contribution in [3.05, 3.63) is 0 Å². The topological polar surface area (TPSA) is 44.8 Å². The predicted molar refractivity (Wildman–Crippen MR) is 64.1 cm³/mol. The minimum Gasteiger partial charge on any atom is -0.378 e. The molecule has 2 fully saturated rings. The number of rotatable bonds is 0. The van der Waals surface area contributed by atoms with Crippen molar-refractivity contribution in [3.8, 4) is 0 Å². The van der Waals surface area contributed by atoms with E-state index in [1.807, 2.05) is 9.80 Å². The van der Waals surface area contributed by atoms with Crippen LogP contribution in [0.4, 0.5) is 4.79 Å². The molecule has 2 heterocycles. The van der Waals surface area contributed by atoms with Gasteiger partial charge >= 0.3 is 6.03 Å². The summed E-state index contributed by atoms with van der Waals surface area (Å²) in [5.74, 6) is 0. The van der Waals surface area contributed by atoms with Gasteiger partial charge < -0.3 is 19.9 Å². The summed E-state index contributed by atoms with van der Waals surface area (Å²) in [7, 11) is 0. The van der Waals surface area contributed by atoms with Crippen LogP contribution in [0.5, 0.6) is 0 Å². The molecule has 0 aromatic carbocycles. The van der Waals surface area contributed by atoms with Crippen molar-refractivity contribution < 1.29 is 9.53 Å². The first kappa shape index (κ1) is 13.5. The van der Waals surface area contributed by atoms with Crippen LogP contribution in [0.1, 0.15) is 6.92 Å². The fourth-order valence-corrected chi connectivity index (χ4v) is 2.06. The molecular weight excluding hydrogens is 230 g/mol. The second kappa shape index (κ2) is 6.27. The van der Waals surface area contributed by atoms with Gasteiger partial charge in [0.15, 0.2) is 0 Å². The average molecular weight is 250 g/mol. The lowest BCUT2D eigenvalue weighted by Gasteiger charge is -2.38. The lowest BCUT2D eigenvalue weighted by molar-refractivity contribution is 0.0380. The number of nitrogens with one attached hydrogen (secondary N) is 1. The highest BCUT2D eigenvalue weighted by molar-refractivity contribution is 5.85. The average Bonchev–Trinajstić information content (AvgIpc) is 2.30. The van der Waals surface area contributed by atoms with E-state index in [1.54, 1.807) is 0 Å². The van der Waals surface area contributed by atoms with Gasteiger partial charge in [0, 0.05) is 38.8 Å². The minimum atomic E-state index is 0. The maximum atomic E-state index is 12.1. The quantitative estimate of drug-likeness (QED) is 0.665. The zero-order chi connectivity index (χ0) is 10.7. The monoisotopic (exact) mass is 249 g/mol. The third-order valence-corrected chi connectivity index (χ3v) is 3.03. The van der Waals surface area contributed by atoms with Gasteiger partial charge in [-0.15, -0.1) is 12.4 Å². The Labute approximate surface area is 103 Å². The van der Waals surface area contributed by atoms with E-state index in [1.165, 1.54) is 0 Å². The number of halogens is 1. The van der Waals surface area contributed by atoms with Crippen molar-refractivity contribution in [1.82, 2.24) is 15.1 Å². The number of morpholine rings is 1. The molecule has 2 amide bonds. The van der Waals surface area contributed by atoms with Gasteiger partial charge in [-0.1, -0.05) is 0 Å². The Balaban J connectivity index is 0.00000128. The Morgan fingerprint density at radius 1 is 1.31 bits per heavy atom. The third-order valence-electron chi connectivity index (χ3n) is 3.03. The van der Waals surface area contributed by atoms with Crippen LogP contribution in [-0.2, 0) is 4.74 Å². The summed E-state index contributed by atoms with van der Waals surface area (Å²) >= 11 is 0. The number of carbonyl (C=O) groups excluding carboxylic acids is 1. The summed E-state index contributed by atoms with van der Waals surface area (Å²) in [6, 6.07) is 0.474. The molecule has 0 radical (unpaired) electrons. The van der Waals surface area contributed by atoms with E-state index in [9.17, 15) is 4.79 Å². The van der Waals surface area contributed by atoms with Crippen LogP contribution in [0.25, 0.3) is 0 Å². The van der Waals surface area contributed by atoms with E-state index in [4.69, 9.17) is 4.74 Å². The standard InChI is InChI=1S/C10H19N3O2.ClH/c1-9-8-11-2-3-13(9)10(14)12-4-6-15-7-5-12;/h9,11H,2-8H2,1H3;1H/t9-;/m1./s1. The van der Waals surface area contributed by atoms with Gasteiger partial charge in [0.1, 0.15) is 0 Å². The Morgan fingerprint density at radius 2 is 2.00 bits per heavy atom. The normalized spacial score (nSPS) is 26.2. The van der Waals surface area contributed by atoms with Gasteiger partial charge in [0.05, 0.1) is 13.2 Å². The van der Waals surface area contributed by atoms with Gasteiger partial charge in [-0.3, -0.25) is 0 Å². The second-order valence-electron chi connectivity index (χ2n) is 4.13. The second-order valence-corrected chi connectivity index (χ2v) is 4.13. The zero-order valence-corrected chi connectivity index (χ0v) is 10.5. The Hall–Kier alpha value is -0.520. The molecule has 1 N–H and O–H groups in total. The number of urea groups is 1. The minimum absolute atomic E-state index is 0. The van der Waals surface area contributed by atoms with E-state index >= 15 is 0 Å². The van der Waals surface area contributed by atoms with Crippen LogP contribution in [0.3, 0.4) is 0 Å². The van der Waals surface area contributed by atoms with Crippen molar-refractivity contribution in [2.75, 3.05) is 45.9 Å². The molecule has 0 unspecified atom stereocenters. The predicted octanol–water partition coefficient (Wildman–Crippen LogP) is 0.154. The molecule has 2 rings (SSSR count). The first-order valence-corrected chi connectivity index (χ1v) is 5.63. The molecule has 0 spiro atoms. The number of amides is 2. The summed E-state index contributed by atoms with van der Waals surface area (Å²) in [6.45, 7) is 7.52. The lowest BCUT2D eigenvalue weighted by Crippen LogP contribution is -2.57. The fourth-order valence-electron chi connectivity index (χ4n) is 2.06. The number of ether oxygens (including phenoxy) is 1. The van der Waals surface area contributed by atoms with Crippen LogP contribution in [0.2, 0.25) is 0 Å². The van der Waals surface area contributed by atoms with E-state index < -0.39 is 0 Å². The first-order chi connectivity index (χ1) is 7.29. The molecule has 0 aliphatic carbocycles. The summed E-state index contributed by atoms with van der Waals surface area (Å²) in [6.07, 6.45) is 0. The van der Waals surface area contributed by atoms with Gasteiger partial charge in [-0.05, 0) is 6.92 Å². The van der Waals surface area contributed by atoms with E-state index in [0.29, 0.717) is 19.3 Å². The first-order valence-electron chi connectivity index (χ1n) is 5.63. The Morgan fingerprint density at radius 3 is 2.62 bits per heavy atom. The highest BCUT2D eigenvalue weighted by atomic mass is 35.5. The highest BCUT2D eigenvalue weighted by Crippen LogP contribution is 2.08. The Bertz CT molecular complexity index is 234. The number of hydrogen-bond donors (Lipinski definition) is 1. The SMILES string of the molecule is C[C@@H]1CNCCN1C(=O)N1CCOCC1.Cl. The summed E-state index contributed by atoms with van der Waals surface area (Å²) < 4.78 is 5.24. The van der Waals surface area contributed by atoms with Gasteiger partial charge in [-0.2, -0.15) is 0 Å². The molecule has 0 aromatic heterocycles. The van der Waals surface area contributed by atoms with Crippen LogP contribution < -0.4 is 5.32 Å². The molecule has 2 aliphatic rings. The summed E-state index contributed by atoms with van der Waals surface area (Å²) in [5, 5.41) is 3.29. The Kier molecular flexibility index (Phi) is 5.31. The van der Waals surface area contributed by atoms with Crippen molar-refractivity contribution in [2.24, 2.45) is 0 Å². The maximum absolute atomic E-state index is 12.1. The molecule has 0 aromatic rings. The number of nitrogens with zero attached hydrogens (tertiary/aromatic N) is 2. The van der Waals surface area contributed by atoms with Crippen LogP contribution in [0, 0.1) is 0 Å². The van der Waals surface area contributed by atoms with Crippen LogP contribution in [0.15, 0.2) is 0 Å². The summed E-state index contributed by atoms with van der Waals surface area (Å²) in [4.78, 5) is 16.0. The van der Waals surface area contributed by atoms with E-state index in [2.05, 4.69) is 12.2 Å². The van der Waals surface area contributed by atoms with Gasteiger partial charge in [-0.25, -0.2) is 4.79 Å². The van der Waals surface area contributed by atoms with Gasteiger partial charge in [0.2, 0.25) is 0 Å². The van der Waals surface area contributed by atoms with Crippen molar-refractivity contribution in [3.63, 3.8) is 0 Å². The third kappa shape index (κ3) is 2.99. The maximum Gasteiger partial charge on any atom is 0.320 e. The molecular formula is C10H20ClN3O2. The van der Waals surface area contributed by atoms with Crippen LogP contribution >= 0.6 is 12.4 Å². The van der Waals surface area contributed by atoms with Crippen molar-refractivity contribution in [2.45, 2.75) is 13.0 Å². The van der Waals surface area contributed by atoms with Gasteiger partial charge in [0.25, 0.3) is 0 Å². The van der Waals surface area contributed by atoms with Crippen LogP contribution in [-0.4, -0.2) is 67.8 Å².